The first-order chi connectivity index (χ1) is 13.1. The number of hydrogen-bond acceptors (Lipinski definition) is 5. The summed E-state index contributed by atoms with van der Waals surface area (Å²) < 4.78 is 0. The Bertz CT molecular complexity index is 1100. The molecule has 5 nitrogen and oxygen atoms in total. The highest BCUT2D eigenvalue weighted by Crippen LogP contribution is 2.43. The van der Waals surface area contributed by atoms with Crippen molar-refractivity contribution in [3.8, 4) is 0 Å². The Kier molecular flexibility index (Phi) is 3.84. The van der Waals surface area contributed by atoms with Gasteiger partial charge in [0, 0.05) is 30.0 Å². The smallest absolute Gasteiger partial charge is 0.336 e. The number of aromatic carboxylic acids is 1. The van der Waals surface area contributed by atoms with Crippen LogP contribution in [0.5, 0.6) is 0 Å². The molecule has 1 fully saturated rings. The van der Waals surface area contributed by atoms with Crippen molar-refractivity contribution < 1.29 is 9.90 Å². The van der Waals surface area contributed by atoms with Crippen molar-refractivity contribution >= 4 is 39.9 Å². The molecule has 5 rings (SSSR count). The normalized spacial score (nSPS) is 18.8. The van der Waals surface area contributed by atoms with Crippen molar-refractivity contribution in [3.05, 3.63) is 57.2 Å². The van der Waals surface area contributed by atoms with Crippen LogP contribution in [0.4, 0.5) is 0 Å². The molecule has 136 valence electrons. The first-order valence-corrected chi connectivity index (χ1v) is 9.97. The Morgan fingerprint density at radius 2 is 2.11 bits per heavy atom. The standard InChI is InChI=1S/C21H19N3O2S/c1-24-9-13(8-17-20(12-6-7-12)22-11-27-17)19-15(10-24)18(21(25)26)14-4-2-3-5-16(14)23-19/h2-5,8,11-12H,6-7,9-10H2,1H3,(H,25,26)/b13-8+. The zero-order chi connectivity index (χ0) is 18.5. The van der Waals surface area contributed by atoms with E-state index in [9.17, 15) is 9.90 Å². The Balaban J connectivity index is 1.74. The van der Waals surface area contributed by atoms with Gasteiger partial charge in [0.15, 0.2) is 0 Å². The molecule has 2 aromatic heterocycles. The zero-order valence-corrected chi connectivity index (χ0v) is 15.8. The van der Waals surface area contributed by atoms with Crippen molar-refractivity contribution in [1.82, 2.24) is 14.9 Å². The number of carboxylic acid groups (broad SMARTS) is 1. The molecule has 0 amide bonds. The van der Waals surface area contributed by atoms with Gasteiger partial charge in [0.25, 0.3) is 0 Å². The number of nitrogens with zero attached hydrogens (tertiary/aromatic N) is 3. The van der Waals surface area contributed by atoms with Crippen LogP contribution in [0.3, 0.4) is 0 Å². The van der Waals surface area contributed by atoms with E-state index >= 15 is 0 Å². The van der Waals surface area contributed by atoms with Gasteiger partial charge in [-0.1, -0.05) is 18.2 Å². The minimum absolute atomic E-state index is 0.375. The number of carboxylic acids is 1. The second-order valence-electron chi connectivity index (χ2n) is 7.35. The summed E-state index contributed by atoms with van der Waals surface area (Å²) in [4.78, 5) is 24.9. The molecule has 0 unspecified atom stereocenters. The summed E-state index contributed by atoms with van der Waals surface area (Å²) in [5.41, 5.74) is 6.89. The minimum atomic E-state index is -0.893. The van der Waals surface area contributed by atoms with E-state index in [2.05, 4.69) is 16.0 Å². The van der Waals surface area contributed by atoms with Gasteiger partial charge in [0.2, 0.25) is 0 Å². The van der Waals surface area contributed by atoms with E-state index in [1.54, 1.807) is 11.3 Å². The highest BCUT2D eigenvalue weighted by atomic mass is 32.1. The Morgan fingerprint density at radius 3 is 2.89 bits per heavy atom. The first kappa shape index (κ1) is 16.6. The maximum atomic E-state index is 12.1. The van der Waals surface area contributed by atoms with Gasteiger partial charge in [0.05, 0.1) is 32.9 Å². The van der Waals surface area contributed by atoms with Crippen LogP contribution in [-0.2, 0) is 6.54 Å². The lowest BCUT2D eigenvalue weighted by molar-refractivity contribution is 0.0696. The van der Waals surface area contributed by atoms with Crippen molar-refractivity contribution in [1.29, 1.82) is 0 Å². The van der Waals surface area contributed by atoms with E-state index in [0.717, 1.165) is 28.9 Å². The third kappa shape index (κ3) is 2.85. The minimum Gasteiger partial charge on any atom is -0.478 e. The summed E-state index contributed by atoms with van der Waals surface area (Å²) in [7, 11) is 2.02. The molecule has 0 radical (unpaired) electrons. The van der Waals surface area contributed by atoms with Crippen molar-refractivity contribution in [3.63, 3.8) is 0 Å². The molecule has 0 spiro atoms. The van der Waals surface area contributed by atoms with E-state index in [1.807, 2.05) is 36.8 Å². The predicted octanol–water partition coefficient (Wildman–Crippen LogP) is 4.25. The number of benzene rings is 1. The second kappa shape index (κ2) is 6.25. The maximum absolute atomic E-state index is 12.1. The van der Waals surface area contributed by atoms with E-state index in [-0.39, 0.29) is 0 Å². The van der Waals surface area contributed by atoms with Crippen molar-refractivity contribution in [2.75, 3.05) is 13.6 Å². The van der Waals surface area contributed by atoms with Crippen LogP contribution in [0.25, 0.3) is 22.6 Å². The Labute approximate surface area is 161 Å². The molecule has 1 aliphatic heterocycles. The summed E-state index contributed by atoms with van der Waals surface area (Å²) >= 11 is 1.65. The summed E-state index contributed by atoms with van der Waals surface area (Å²) in [5.74, 6) is -0.306. The quantitative estimate of drug-likeness (QED) is 0.739. The van der Waals surface area contributed by atoms with Crippen LogP contribution in [-0.4, -0.2) is 39.5 Å². The monoisotopic (exact) mass is 377 g/mol. The SMILES string of the molecule is CN1C/C(=C\c2scnc2C2CC2)c2nc3ccccc3c(C(=O)O)c2C1. The number of likely N-dealkylation sites (N-methyl/N-ethyl adjacent to an activating group) is 1. The third-order valence-corrected chi connectivity index (χ3v) is 6.06. The number of aromatic nitrogens is 2. The lowest BCUT2D eigenvalue weighted by Crippen LogP contribution is -2.28. The molecule has 3 aromatic rings. The van der Waals surface area contributed by atoms with Crippen molar-refractivity contribution in [2.24, 2.45) is 0 Å². The second-order valence-corrected chi connectivity index (χ2v) is 8.24. The largest absolute Gasteiger partial charge is 0.478 e. The number of pyridine rings is 1. The average molecular weight is 377 g/mol. The molecule has 1 aliphatic carbocycles. The summed E-state index contributed by atoms with van der Waals surface area (Å²) in [6.45, 7) is 1.34. The van der Waals surface area contributed by atoms with Gasteiger partial charge < -0.3 is 5.11 Å². The highest BCUT2D eigenvalue weighted by Gasteiger charge is 2.30. The topological polar surface area (TPSA) is 66.3 Å². The number of para-hydroxylation sites is 1. The maximum Gasteiger partial charge on any atom is 0.336 e. The molecule has 1 N–H and O–H groups in total. The molecule has 0 atom stereocenters. The number of fused-ring (bicyclic) bond motifs is 2. The molecular formula is C21H19N3O2S. The molecule has 27 heavy (non-hydrogen) atoms. The van der Waals surface area contributed by atoms with Gasteiger partial charge in [0.1, 0.15) is 0 Å². The van der Waals surface area contributed by atoms with Gasteiger partial charge >= 0.3 is 5.97 Å². The molecule has 2 aliphatic rings. The number of thiazole rings is 1. The summed E-state index contributed by atoms with van der Waals surface area (Å²) in [5, 5.41) is 10.6. The fraction of sp³-hybridized carbons (Fsp3) is 0.286. The van der Waals surface area contributed by atoms with Gasteiger partial charge in [-0.25, -0.2) is 14.8 Å². The summed E-state index contributed by atoms with van der Waals surface area (Å²) in [6, 6.07) is 7.50. The fourth-order valence-electron chi connectivity index (χ4n) is 3.91. The van der Waals surface area contributed by atoms with Gasteiger partial charge in [-0.05, 0) is 37.6 Å². The molecular weight excluding hydrogens is 358 g/mol. The Hall–Kier alpha value is -2.57. The summed E-state index contributed by atoms with van der Waals surface area (Å²) in [6.07, 6.45) is 4.60. The lowest BCUT2D eigenvalue weighted by atomic mass is 9.93. The van der Waals surface area contributed by atoms with Gasteiger partial charge in [-0.2, -0.15) is 0 Å². The van der Waals surface area contributed by atoms with Crippen LogP contribution < -0.4 is 0 Å². The molecule has 3 heterocycles. The number of rotatable bonds is 3. The predicted molar refractivity (Wildman–Crippen MR) is 107 cm³/mol. The molecule has 6 heteroatoms. The Morgan fingerprint density at radius 1 is 1.30 bits per heavy atom. The van der Waals surface area contributed by atoms with E-state index < -0.39 is 5.97 Å². The van der Waals surface area contributed by atoms with Crippen LogP contribution in [0, 0.1) is 0 Å². The van der Waals surface area contributed by atoms with Gasteiger partial charge in [-0.3, -0.25) is 4.90 Å². The zero-order valence-electron chi connectivity index (χ0n) is 15.0. The number of carbonyl (C=O) groups is 1. The van der Waals surface area contributed by atoms with E-state index in [0.29, 0.717) is 23.4 Å². The average Bonchev–Trinajstić information content (AvgIpc) is 3.39. The molecule has 1 saturated carbocycles. The molecule has 0 bridgehead atoms. The molecule has 1 aromatic carbocycles. The third-order valence-electron chi connectivity index (χ3n) is 5.27. The highest BCUT2D eigenvalue weighted by molar-refractivity contribution is 7.10. The van der Waals surface area contributed by atoms with E-state index in [1.165, 1.54) is 23.4 Å². The van der Waals surface area contributed by atoms with Crippen molar-refractivity contribution in [2.45, 2.75) is 25.3 Å². The first-order valence-electron chi connectivity index (χ1n) is 9.09. The van der Waals surface area contributed by atoms with Gasteiger partial charge in [-0.15, -0.1) is 11.3 Å². The number of hydrogen-bond donors (Lipinski definition) is 1. The van der Waals surface area contributed by atoms with E-state index in [4.69, 9.17) is 4.98 Å². The van der Waals surface area contributed by atoms with Crippen LogP contribution in [0.1, 0.15) is 50.9 Å². The van der Waals surface area contributed by atoms with Crippen LogP contribution >= 0.6 is 11.3 Å². The molecule has 0 saturated heterocycles. The van der Waals surface area contributed by atoms with Crippen LogP contribution in [0.2, 0.25) is 0 Å². The lowest BCUT2D eigenvalue weighted by Gasteiger charge is -2.28. The fourth-order valence-corrected chi connectivity index (χ4v) is 4.74. The van der Waals surface area contributed by atoms with Crippen LogP contribution in [0.15, 0.2) is 29.8 Å².